The predicted octanol–water partition coefficient (Wildman–Crippen LogP) is 2.32. The van der Waals surface area contributed by atoms with Gasteiger partial charge in [0.2, 0.25) is 0 Å². The van der Waals surface area contributed by atoms with Crippen LogP contribution in [0.2, 0.25) is 0 Å². The normalized spacial score (nSPS) is 11.3. The predicted molar refractivity (Wildman–Crippen MR) is 69.2 cm³/mol. The van der Waals surface area contributed by atoms with Crippen LogP contribution in [0.25, 0.3) is 0 Å². The second-order valence-corrected chi connectivity index (χ2v) is 5.02. The molecule has 0 fully saturated rings. The second kappa shape index (κ2) is 5.82. The Bertz CT molecular complexity index is 380. The minimum absolute atomic E-state index is 0.202. The van der Waals surface area contributed by atoms with Crippen LogP contribution < -0.4 is 10.5 Å². The molecule has 0 aromatic heterocycles. The number of nitrogens with two attached hydrogens (primary N) is 1. The number of ether oxygens (including phenoxy) is 1. The molecule has 3 nitrogen and oxygen atoms in total. The van der Waals surface area contributed by atoms with E-state index in [1.807, 2.05) is 38.1 Å². The lowest BCUT2D eigenvalue weighted by Crippen LogP contribution is -2.32. The molecule has 2 N–H and O–H groups in total. The molecular weight excluding hydrogens is 214 g/mol. The molecule has 0 unspecified atom stereocenters. The molecule has 0 atom stereocenters. The van der Waals surface area contributed by atoms with Gasteiger partial charge >= 0.3 is 0 Å². The maximum atomic E-state index is 11.8. The summed E-state index contributed by atoms with van der Waals surface area (Å²) >= 11 is 0. The Labute approximate surface area is 103 Å². The molecule has 0 aliphatic heterocycles. The molecule has 1 aromatic carbocycles. The van der Waals surface area contributed by atoms with Crippen LogP contribution in [0.5, 0.6) is 5.75 Å². The molecular formula is C14H21NO2. The minimum atomic E-state index is -0.281. The largest absolute Gasteiger partial charge is 0.496 e. The number of rotatable bonds is 6. The third-order valence-corrected chi connectivity index (χ3v) is 2.63. The van der Waals surface area contributed by atoms with E-state index in [2.05, 4.69) is 0 Å². The van der Waals surface area contributed by atoms with E-state index in [-0.39, 0.29) is 11.3 Å². The van der Waals surface area contributed by atoms with Crippen molar-refractivity contribution in [2.75, 3.05) is 7.11 Å². The number of hydrogen-bond donors (Lipinski definition) is 1. The first-order valence-electron chi connectivity index (χ1n) is 5.85. The third-order valence-electron chi connectivity index (χ3n) is 2.63. The van der Waals surface area contributed by atoms with E-state index in [4.69, 9.17) is 10.5 Å². The van der Waals surface area contributed by atoms with Crippen LogP contribution >= 0.6 is 0 Å². The Morgan fingerprint density at radius 1 is 1.35 bits per heavy atom. The van der Waals surface area contributed by atoms with Gasteiger partial charge in [-0.3, -0.25) is 4.79 Å². The van der Waals surface area contributed by atoms with Gasteiger partial charge in [0.05, 0.1) is 7.11 Å². The zero-order valence-corrected chi connectivity index (χ0v) is 10.8. The molecule has 1 rings (SSSR count). The van der Waals surface area contributed by atoms with Gasteiger partial charge in [-0.15, -0.1) is 0 Å². The van der Waals surface area contributed by atoms with E-state index in [1.54, 1.807) is 7.11 Å². The Kier molecular flexibility index (Phi) is 4.70. The van der Waals surface area contributed by atoms with Crippen LogP contribution in [0.3, 0.4) is 0 Å². The molecule has 1 aromatic rings. The number of benzene rings is 1. The van der Waals surface area contributed by atoms with Gasteiger partial charge in [0.1, 0.15) is 11.5 Å². The molecule has 3 heteroatoms. The first kappa shape index (κ1) is 13.7. The van der Waals surface area contributed by atoms with E-state index in [1.165, 1.54) is 0 Å². The quantitative estimate of drug-likeness (QED) is 0.823. The van der Waals surface area contributed by atoms with Gasteiger partial charge in [-0.25, -0.2) is 0 Å². The Balaban J connectivity index is 2.56. The summed E-state index contributed by atoms with van der Waals surface area (Å²) in [7, 11) is 1.62. The van der Waals surface area contributed by atoms with Crippen molar-refractivity contribution in [3.63, 3.8) is 0 Å². The minimum Gasteiger partial charge on any atom is -0.496 e. The molecule has 0 saturated carbocycles. The van der Waals surface area contributed by atoms with Gasteiger partial charge in [-0.05, 0) is 26.3 Å². The number of ketones is 1. The first-order chi connectivity index (χ1) is 7.92. The Hall–Kier alpha value is -1.35. The number of para-hydroxylation sites is 1. The fourth-order valence-corrected chi connectivity index (χ4v) is 1.61. The number of hydrogen-bond acceptors (Lipinski definition) is 3. The standard InChI is InChI=1S/C14H21NO2/c1-14(2,15)9-8-12(16)10-11-6-4-5-7-13(11)17-3/h4-7H,8-10,15H2,1-3H3. The van der Waals surface area contributed by atoms with Gasteiger partial charge in [0, 0.05) is 23.9 Å². The molecule has 0 aliphatic rings. The maximum Gasteiger partial charge on any atom is 0.137 e. The van der Waals surface area contributed by atoms with Crippen LogP contribution in [0.4, 0.5) is 0 Å². The van der Waals surface area contributed by atoms with Crippen molar-refractivity contribution in [1.82, 2.24) is 0 Å². The summed E-state index contributed by atoms with van der Waals surface area (Å²) in [6, 6.07) is 7.60. The third kappa shape index (κ3) is 5.00. The first-order valence-corrected chi connectivity index (χ1v) is 5.85. The molecule has 94 valence electrons. The van der Waals surface area contributed by atoms with Crippen molar-refractivity contribution in [2.24, 2.45) is 5.73 Å². The van der Waals surface area contributed by atoms with Crippen LogP contribution in [-0.2, 0) is 11.2 Å². The van der Waals surface area contributed by atoms with Crippen molar-refractivity contribution in [2.45, 2.75) is 38.6 Å². The summed E-state index contributed by atoms with van der Waals surface area (Å²) in [4.78, 5) is 11.8. The zero-order chi connectivity index (χ0) is 12.9. The summed E-state index contributed by atoms with van der Waals surface area (Å²) in [5, 5.41) is 0. The Morgan fingerprint density at radius 2 is 2.00 bits per heavy atom. The number of carbonyl (C=O) groups excluding carboxylic acids is 1. The maximum absolute atomic E-state index is 11.8. The Morgan fingerprint density at radius 3 is 2.59 bits per heavy atom. The van der Waals surface area contributed by atoms with E-state index in [0.29, 0.717) is 19.3 Å². The molecule has 0 spiro atoms. The second-order valence-electron chi connectivity index (χ2n) is 5.02. The van der Waals surface area contributed by atoms with Gasteiger partial charge in [0.15, 0.2) is 0 Å². The number of Topliss-reactive ketones (excluding diaryl/α,β-unsaturated/α-hetero) is 1. The van der Waals surface area contributed by atoms with E-state index >= 15 is 0 Å². The molecule has 0 amide bonds. The summed E-state index contributed by atoms with van der Waals surface area (Å²) < 4.78 is 5.21. The van der Waals surface area contributed by atoms with Gasteiger partial charge in [-0.2, -0.15) is 0 Å². The van der Waals surface area contributed by atoms with E-state index < -0.39 is 0 Å². The average Bonchev–Trinajstić information content (AvgIpc) is 2.26. The number of carbonyl (C=O) groups is 1. The van der Waals surface area contributed by atoms with Crippen LogP contribution in [0, 0.1) is 0 Å². The van der Waals surface area contributed by atoms with Crippen LogP contribution in [-0.4, -0.2) is 18.4 Å². The molecule has 0 heterocycles. The average molecular weight is 235 g/mol. The number of methoxy groups -OCH3 is 1. The lowest BCUT2D eigenvalue weighted by Gasteiger charge is -2.17. The fourth-order valence-electron chi connectivity index (χ4n) is 1.61. The van der Waals surface area contributed by atoms with Crippen molar-refractivity contribution >= 4 is 5.78 Å². The highest BCUT2D eigenvalue weighted by molar-refractivity contribution is 5.81. The van der Waals surface area contributed by atoms with E-state index in [9.17, 15) is 4.79 Å². The highest BCUT2D eigenvalue weighted by Crippen LogP contribution is 2.19. The summed E-state index contributed by atoms with van der Waals surface area (Å²) in [6.45, 7) is 3.87. The van der Waals surface area contributed by atoms with Crippen molar-refractivity contribution in [3.05, 3.63) is 29.8 Å². The van der Waals surface area contributed by atoms with Crippen molar-refractivity contribution in [3.8, 4) is 5.75 Å². The van der Waals surface area contributed by atoms with Crippen molar-refractivity contribution < 1.29 is 9.53 Å². The van der Waals surface area contributed by atoms with Crippen LogP contribution in [0.15, 0.2) is 24.3 Å². The molecule has 17 heavy (non-hydrogen) atoms. The monoisotopic (exact) mass is 235 g/mol. The lowest BCUT2D eigenvalue weighted by molar-refractivity contribution is -0.118. The van der Waals surface area contributed by atoms with Crippen molar-refractivity contribution in [1.29, 1.82) is 0 Å². The van der Waals surface area contributed by atoms with Gasteiger partial charge < -0.3 is 10.5 Å². The summed E-state index contributed by atoms with van der Waals surface area (Å²) in [6.07, 6.45) is 1.64. The molecule has 0 aliphatic carbocycles. The molecule has 0 bridgehead atoms. The van der Waals surface area contributed by atoms with Gasteiger partial charge in [-0.1, -0.05) is 18.2 Å². The van der Waals surface area contributed by atoms with E-state index in [0.717, 1.165) is 11.3 Å². The van der Waals surface area contributed by atoms with Gasteiger partial charge in [0.25, 0.3) is 0 Å². The fraction of sp³-hybridized carbons (Fsp3) is 0.500. The smallest absolute Gasteiger partial charge is 0.137 e. The SMILES string of the molecule is COc1ccccc1CC(=O)CCC(C)(C)N. The molecule has 0 radical (unpaired) electrons. The zero-order valence-electron chi connectivity index (χ0n) is 10.8. The summed E-state index contributed by atoms with van der Waals surface area (Å²) in [5.41, 5.74) is 6.51. The van der Waals surface area contributed by atoms with Crippen LogP contribution in [0.1, 0.15) is 32.3 Å². The highest BCUT2D eigenvalue weighted by Gasteiger charge is 2.14. The topological polar surface area (TPSA) is 52.3 Å². The highest BCUT2D eigenvalue weighted by atomic mass is 16.5. The lowest BCUT2D eigenvalue weighted by atomic mass is 9.96. The summed E-state index contributed by atoms with van der Waals surface area (Å²) in [5.74, 6) is 0.973. The molecule has 0 saturated heterocycles.